The molecule has 1 aromatic carbocycles. The molecule has 1 atom stereocenters. The zero-order valence-corrected chi connectivity index (χ0v) is 12.4. The van der Waals surface area contributed by atoms with Crippen molar-refractivity contribution >= 4 is 11.6 Å². The van der Waals surface area contributed by atoms with Gasteiger partial charge in [-0.15, -0.1) is 0 Å². The van der Waals surface area contributed by atoms with Crippen LogP contribution < -0.4 is 9.47 Å². The summed E-state index contributed by atoms with van der Waals surface area (Å²) in [6.45, 7) is 0.607. The van der Waals surface area contributed by atoms with Gasteiger partial charge in [0, 0.05) is 12.1 Å². The van der Waals surface area contributed by atoms with Gasteiger partial charge < -0.3 is 14.6 Å². The molecule has 1 aliphatic heterocycles. The van der Waals surface area contributed by atoms with Crippen LogP contribution in [0.15, 0.2) is 29.4 Å². The summed E-state index contributed by atoms with van der Waals surface area (Å²) in [5, 5.41) is 13.3. The van der Waals surface area contributed by atoms with E-state index in [1.807, 2.05) is 0 Å². The number of hydrogen-bond donors (Lipinski definition) is 1. The summed E-state index contributed by atoms with van der Waals surface area (Å²) in [6, 6.07) is 6.15. The van der Waals surface area contributed by atoms with E-state index in [4.69, 9.17) is 9.47 Å². The normalized spacial score (nSPS) is 21.1. The molecule has 126 valence electrons. The van der Waals surface area contributed by atoms with E-state index in [9.17, 15) is 23.1 Å². The van der Waals surface area contributed by atoms with Gasteiger partial charge in [-0.1, -0.05) is 0 Å². The fraction of sp³-hybridized carbons (Fsp3) is 0.429. The van der Waals surface area contributed by atoms with Crippen LogP contribution in [0.1, 0.15) is 13.3 Å². The number of alkyl halides is 3. The highest BCUT2D eigenvalue weighted by molar-refractivity contribution is 5.89. The molecule has 0 radical (unpaired) electrons. The minimum absolute atomic E-state index is 0.00243. The van der Waals surface area contributed by atoms with E-state index < -0.39 is 30.8 Å². The van der Waals surface area contributed by atoms with Gasteiger partial charge in [-0.3, -0.25) is 4.79 Å². The number of methoxy groups -OCH3 is 1. The lowest BCUT2D eigenvalue weighted by Gasteiger charge is -2.32. The molecule has 6 nitrogen and oxygen atoms in total. The van der Waals surface area contributed by atoms with Gasteiger partial charge in [-0.05, 0) is 31.2 Å². The van der Waals surface area contributed by atoms with Gasteiger partial charge in [0.05, 0.1) is 7.11 Å². The monoisotopic (exact) mass is 332 g/mol. The van der Waals surface area contributed by atoms with E-state index in [1.165, 1.54) is 26.2 Å². The van der Waals surface area contributed by atoms with Crippen molar-refractivity contribution in [2.75, 3.05) is 13.7 Å². The lowest BCUT2D eigenvalue weighted by atomic mass is 10.1. The summed E-state index contributed by atoms with van der Waals surface area (Å²) in [4.78, 5) is 12.0. The minimum Gasteiger partial charge on any atom is -0.497 e. The molecule has 2 rings (SSSR count). The van der Waals surface area contributed by atoms with Gasteiger partial charge >= 0.3 is 6.18 Å². The fourth-order valence-corrected chi connectivity index (χ4v) is 2.08. The predicted octanol–water partition coefficient (Wildman–Crippen LogP) is 1.93. The quantitative estimate of drug-likeness (QED) is 0.915. The number of aliphatic hydroxyl groups is 1. The predicted molar refractivity (Wildman–Crippen MR) is 74.1 cm³/mol. The third-order valence-electron chi connectivity index (χ3n) is 3.24. The molecule has 0 saturated heterocycles. The first kappa shape index (κ1) is 17.1. The van der Waals surface area contributed by atoms with Crippen LogP contribution >= 0.6 is 0 Å². The topological polar surface area (TPSA) is 71.4 Å². The molecule has 1 amide bonds. The number of hydrogen-bond acceptors (Lipinski definition) is 5. The van der Waals surface area contributed by atoms with E-state index in [2.05, 4.69) is 5.10 Å². The van der Waals surface area contributed by atoms with Crippen LogP contribution in [-0.2, 0) is 4.79 Å². The second-order valence-electron chi connectivity index (χ2n) is 5.00. The minimum atomic E-state index is -5.02. The summed E-state index contributed by atoms with van der Waals surface area (Å²) in [6.07, 6.45) is -5.81. The summed E-state index contributed by atoms with van der Waals surface area (Å²) < 4.78 is 49.1. The molecule has 1 heterocycles. The van der Waals surface area contributed by atoms with Crippen LogP contribution in [0, 0.1) is 0 Å². The number of hydrazone groups is 1. The van der Waals surface area contributed by atoms with Crippen molar-refractivity contribution in [3.8, 4) is 11.5 Å². The van der Waals surface area contributed by atoms with Crippen molar-refractivity contribution in [3.63, 3.8) is 0 Å². The molecule has 23 heavy (non-hydrogen) atoms. The Balaban J connectivity index is 2.06. The molecule has 1 N–H and O–H groups in total. The van der Waals surface area contributed by atoms with Crippen LogP contribution in [0.5, 0.6) is 11.5 Å². The molecule has 9 heteroatoms. The third-order valence-corrected chi connectivity index (χ3v) is 3.24. The Morgan fingerprint density at radius 2 is 1.91 bits per heavy atom. The summed E-state index contributed by atoms with van der Waals surface area (Å²) >= 11 is 0. The average molecular weight is 332 g/mol. The lowest BCUT2D eigenvalue weighted by Crippen LogP contribution is -2.57. The summed E-state index contributed by atoms with van der Waals surface area (Å²) in [5.41, 5.74) is -3.33. The van der Waals surface area contributed by atoms with Gasteiger partial charge in [-0.2, -0.15) is 23.3 Å². The molecule has 1 aromatic rings. The number of ether oxygens (including phenoxy) is 2. The Labute approximate surface area is 130 Å². The SMILES string of the molecule is COc1ccc(OCC(=O)N2N=C(C)C[C@]2(O)C(F)(F)F)cc1. The van der Waals surface area contributed by atoms with Gasteiger partial charge in [0.15, 0.2) is 6.61 Å². The lowest BCUT2D eigenvalue weighted by molar-refractivity contribution is -0.302. The molecule has 1 aliphatic rings. The van der Waals surface area contributed by atoms with Gasteiger partial charge in [-0.25, -0.2) is 0 Å². The van der Waals surface area contributed by atoms with Crippen LogP contribution in [0.2, 0.25) is 0 Å². The van der Waals surface area contributed by atoms with Crippen molar-refractivity contribution in [1.82, 2.24) is 5.01 Å². The second-order valence-corrected chi connectivity index (χ2v) is 5.00. The van der Waals surface area contributed by atoms with Crippen LogP contribution in [0.3, 0.4) is 0 Å². The maximum Gasteiger partial charge on any atom is 0.438 e. The van der Waals surface area contributed by atoms with Crippen molar-refractivity contribution in [1.29, 1.82) is 0 Å². The van der Waals surface area contributed by atoms with Gasteiger partial charge in [0.2, 0.25) is 0 Å². The zero-order chi connectivity index (χ0) is 17.3. The summed E-state index contributed by atoms with van der Waals surface area (Å²) in [5.74, 6) is -0.262. The van der Waals surface area contributed by atoms with E-state index >= 15 is 0 Å². The zero-order valence-electron chi connectivity index (χ0n) is 12.4. The van der Waals surface area contributed by atoms with Crippen LogP contribution in [-0.4, -0.2) is 47.4 Å². The molecule has 0 unspecified atom stereocenters. The highest BCUT2D eigenvalue weighted by Gasteiger charge is 2.62. The first-order chi connectivity index (χ1) is 10.7. The standard InChI is InChI=1S/C14H15F3N2O4/c1-9-7-13(21,14(15,16)17)19(18-9)12(20)8-23-11-5-3-10(22-2)4-6-11/h3-6,21H,7-8H2,1-2H3/t13-/m0/s1. The second kappa shape index (κ2) is 6.07. The average Bonchev–Trinajstić information content (AvgIpc) is 2.81. The molecule has 0 saturated carbocycles. The number of nitrogens with zero attached hydrogens (tertiary/aromatic N) is 2. The Bertz CT molecular complexity index is 615. The van der Waals surface area contributed by atoms with Crippen LogP contribution in [0.25, 0.3) is 0 Å². The third kappa shape index (κ3) is 3.39. The Hall–Kier alpha value is -2.29. The van der Waals surface area contributed by atoms with E-state index in [1.54, 1.807) is 12.1 Å². The van der Waals surface area contributed by atoms with Crippen LogP contribution in [0.4, 0.5) is 13.2 Å². The first-order valence-electron chi connectivity index (χ1n) is 6.60. The summed E-state index contributed by atoms with van der Waals surface area (Å²) in [7, 11) is 1.48. The molecular formula is C14H15F3N2O4. The molecule has 0 fully saturated rings. The largest absolute Gasteiger partial charge is 0.497 e. The number of halogens is 3. The van der Waals surface area contributed by atoms with Crippen molar-refractivity contribution in [3.05, 3.63) is 24.3 Å². The van der Waals surface area contributed by atoms with E-state index in [0.29, 0.717) is 5.75 Å². The molecule has 0 aromatic heterocycles. The fourth-order valence-electron chi connectivity index (χ4n) is 2.08. The molecular weight excluding hydrogens is 317 g/mol. The highest BCUT2D eigenvalue weighted by Crippen LogP contribution is 2.40. The van der Waals surface area contributed by atoms with Gasteiger partial charge in [0.1, 0.15) is 11.5 Å². The number of carbonyl (C=O) groups excluding carboxylic acids is 1. The number of benzene rings is 1. The maximum absolute atomic E-state index is 13.0. The van der Waals surface area contributed by atoms with Crippen molar-refractivity contribution in [2.24, 2.45) is 5.10 Å². The molecule has 0 bridgehead atoms. The maximum atomic E-state index is 13.0. The number of rotatable bonds is 4. The Kier molecular flexibility index (Phi) is 4.51. The van der Waals surface area contributed by atoms with E-state index in [0.717, 1.165) is 0 Å². The van der Waals surface area contributed by atoms with Crippen molar-refractivity contribution < 1.29 is 32.5 Å². The smallest absolute Gasteiger partial charge is 0.438 e. The Morgan fingerprint density at radius 1 is 1.35 bits per heavy atom. The number of amides is 1. The Morgan fingerprint density at radius 3 is 2.43 bits per heavy atom. The molecule has 0 spiro atoms. The van der Waals surface area contributed by atoms with Crippen molar-refractivity contribution in [2.45, 2.75) is 25.2 Å². The first-order valence-corrected chi connectivity index (χ1v) is 6.60. The molecule has 0 aliphatic carbocycles. The van der Waals surface area contributed by atoms with Gasteiger partial charge in [0.25, 0.3) is 11.6 Å². The van der Waals surface area contributed by atoms with E-state index in [-0.39, 0.29) is 16.5 Å². The highest BCUT2D eigenvalue weighted by atomic mass is 19.4. The number of carbonyl (C=O) groups is 1.